The summed E-state index contributed by atoms with van der Waals surface area (Å²) < 4.78 is 31.0. The molecule has 0 aromatic carbocycles. The fourth-order valence-corrected chi connectivity index (χ4v) is 3.81. The normalized spacial score (nSPS) is 13.0. The summed E-state index contributed by atoms with van der Waals surface area (Å²) in [5.41, 5.74) is 0.563. The lowest BCUT2D eigenvalue weighted by Crippen LogP contribution is -2.33. The molecule has 1 heterocycles. The number of nitrogens with one attached hydrogen (secondary N) is 1. The number of carbonyl (C=O) groups excluding carboxylic acids is 1. The number of hydrogen-bond acceptors (Lipinski definition) is 6. The third-order valence-corrected chi connectivity index (χ3v) is 5.38. The minimum absolute atomic E-state index is 0.0176. The van der Waals surface area contributed by atoms with Crippen LogP contribution in [0.3, 0.4) is 0 Å². The smallest absolute Gasteiger partial charge is 0.239 e. The number of aromatic nitrogens is 1. The molecule has 0 radical (unpaired) electrons. The van der Waals surface area contributed by atoms with E-state index in [0.29, 0.717) is 18.7 Å². The molecule has 0 aliphatic heterocycles. The van der Waals surface area contributed by atoms with E-state index in [0.717, 1.165) is 17.8 Å². The second-order valence-electron chi connectivity index (χ2n) is 5.00. The molecule has 0 fully saturated rings. The summed E-state index contributed by atoms with van der Waals surface area (Å²) in [6.45, 7) is 6.38. The Labute approximate surface area is 136 Å². The Bertz CT molecular complexity index is 569. The quantitative estimate of drug-likeness (QED) is 0.656. The summed E-state index contributed by atoms with van der Waals surface area (Å²) in [6.07, 6.45) is 2.17. The van der Waals surface area contributed by atoms with E-state index in [9.17, 15) is 13.2 Å². The van der Waals surface area contributed by atoms with Gasteiger partial charge in [-0.1, -0.05) is 19.8 Å². The third-order valence-electron chi connectivity index (χ3n) is 2.96. The maximum atomic E-state index is 11.8. The van der Waals surface area contributed by atoms with Crippen molar-refractivity contribution in [1.29, 1.82) is 0 Å². The highest BCUT2D eigenvalue weighted by molar-refractivity contribution is 7.90. The molecule has 0 unspecified atom stereocenters. The molecule has 22 heavy (non-hydrogen) atoms. The molecule has 6 nitrogen and oxygen atoms in total. The van der Waals surface area contributed by atoms with Gasteiger partial charge in [0.05, 0.1) is 17.9 Å². The van der Waals surface area contributed by atoms with Crippen molar-refractivity contribution in [3.8, 4) is 0 Å². The SMILES string of the molecule is CCCCCS(=O)(=O)NC(=O)Cc1csc([C@H](C)OCC)n1. The maximum Gasteiger partial charge on any atom is 0.239 e. The Morgan fingerprint density at radius 1 is 1.41 bits per heavy atom. The van der Waals surface area contributed by atoms with Crippen LogP contribution in [0.1, 0.15) is 56.8 Å². The Morgan fingerprint density at radius 2 is 2.14 bits per heavy atom. The van der Waals surface area contributed by atoms with Gasteiger partial charge in [-0.2, -0.15) is 0 Å². The first-order chi connectivity index (χ1) is 10.4. The Kier molecular flexibility index (Phi) is 7.98. The standard InChI is InChI=1S/C14H24N2O4S2/c1-4-6-7-8-22(18,19)16-13(17)9-12-10-21-14(15-12)11(3)20-5-2/h10-11H,4-9H2,1-3H3,(H,16,17)/t11-/m0/s1. The molecule has 8 heteroatoms. The highest BCUT2D eigenvalue weighted by Crippen LogP contribution is 2.21. The highest BCUT2D eigenvalue weighted by atomic mass is 32.2. The molecule has 1 N–H and O–H groups in total. The van der Waals surface area contributed by atoms with Crippen LogP contribution >= 0.6 is 11.3 Å². The second kappa shape index (κ2) is 9.22. The molecule has 1 aromatic rings. The van der Waals surface area contributed by atoms with Crippen molar-refractivity contribution in [2.45, 2.75) is 52.6 Å². The number of ether oxygens (including phenoxy) is 1. The van der Waals surface area contributed by atoms with Crippen LogP contribution < -0.4 is 4.72 Å². The van der Waals surface area contributed by atoms with E-state index >= 15 is 0 Å². The molecule has 1 aromatic heterocycles. The molecule has 0 aliphatic rings. The van der Waals surface area contributed by atoms with Crippen molar-refractivity contribution in [2.24, 2.45) is 0 Å². The fraction of sp³-hybridized carbons (Fsp3) is 0.714. The van der Waals surface area contributed by atoms with Gasteiger partial charge in [-0.05, 0) is 20.3 Å². The summed E-state index contributed by atoms with van der Waals surface area (Å²) in [4.78, 5) is 16.1. The van der Waals surface area contributed by atoms with E-state index < -0.39 is 15.9 Å². The number of nitrogens with zero attached hydrogens (tertiary/aromatic N) is 1. The lowest BCUT2D eigenvalue weighted by Gasteiger charge is -2.07. The van der Waals surface area contributed by atoms with Crippen molar-refractivity contribution in [3.05, 3.63) is 16.1 Å². The van der Waals surface area contributed by atoms with E-state index in [1.165, 1.54) is 11.3 Å². The van der Waals surface area contributed by atoms with Crippen molar-refractivity contribution >= 4 is 27.3 Å². The molecule has 0 saturated carbocycles. The molecule has 0 aliphatic carbocycles. The molecule has 0 bridgehead atoms. The Morgan fingerprint density at radius 3 is 2.77 bits per heavy atom. The van der Waals surface area contributed by atoms with Gasteiger partial charge in [0.1, 0.15) is 11.1 Å². The maximum absolute atomic E-state index is 11.8. The van der Waals surface area contributed by atoms with Crippen LogP contribution in [0, 0.1) is 0 Å². The molecule has 1 rings (SSSR count). The minimum Gasteiger partial charge on any atom is -0.372 e. The van der Waals surface area contributed by atoms with Crippen molar-refractivity contribution in [1.82, 2.24) is 9.71 Å². The summed E-state index contributed by atoms with van der Waals surface area (Å²) in [5.74, 6) is -0.562. The largest absolute Gasteiger partial charge is 0.372 e. The van der Waals surface area contributed by atoms with Crippen LogP contribution in [0.25, 0.3) is 0 Å². The van der Waals surface area contributed by atoms with Crippen LogP contribution in [-0.2, 0) is 26.0 Å². The van der Waals surface area contributed by atoms with Gasteiger partial charge in [0.25, 0.3) is 0 Å². The zero-order valence-electron chi connectivity index (χ0n) is 13.3. The predicted molar refractivity (Wildman–Crippen MR) is 87.3 cm³/mol. The van der Waals surface area contributed by atoms with E-state index in [4.69, 9.17) is 4.74 Å². The first kappa shape index (κ1) is 19.1. The zero-order valence-corrected chi connectivity index (χ0v) is 14.9. The minimum atomic E-state index is -3.54. The van der Waals surface area contributed by atoms with Crippen LogP contribution in [0.15, 0.2) is 5.38 Å². The molecule has 0 spiro atoms. The first-order valence-corrected chi connectivity index (χ1v) is 10.00. The average molecular weight is 348 g/mol. The lowest BCUT2D eigenvalue weighted by molar-refractivity contribution is -0.118. The number of unbranched alkanes of at least 4 members (excludes halogenated alkanes) is 2. The molecule has 1 amide bonds. The van der Waals surface area contributed by atoms with E-state index in [1.54, 1.807) is 5.38 Å². The van der Waals surface area contributed by atoms with Gasteiger partial charge in [0.2, 0.25) is 15.9 Å². The monoisotopic (exact) mass is 348 g/mol. The molecular formula is C14H24N2O4S2. The lowest BCUT2D eigenvalue weighted by atomic mass is 10.3. The molecular weight excluding hydrogens is 324 g/mol. The van der Waals surface area contributed by atoms with Crippen LogP contribution in [-0.4, -0.2) is 31.7 Å². The van der Waals surface area contributed by atoms with Crippen molar-refractivity contribution in [3.63, 3.8) is 0 Å². The third kappa shape index (κ3) is 6.85. The summed E-state index contributed by atoms with van der Waals surface area (Å²) in [5, 5.41) is 2.55. The summed E-state index contributed by atoms with van der Waals surface area (Å²) in [7, 11) is -3.54. The van der Waals surface area contributed by atoms with Crippen LogP contribution in [0.2, 0.25) is 0 Å². The number of sulfonamides is 1. The number of rotatable bonds is 10. The highest BCUT2D eigenvalue weighted by Gasteiger charge is 2.17. The second-order valence-corrected chi connectivity index (χ2v) is 7.73. The number of hydrogen-bond donors (Lipinski definition) is 1. The number of carbonyl (C=O) groups is 1. The Balaban J connectivity index is 2.51. The van der Waals surface area contributed by atoms with Crippen LogP contribution in [0.4, 0.5) is 0 Å². The summed E-state index contributed by atoms with van der Waals surface area (Å²) in [6, 6.07) is 0. The topological polar surface area (TPSA) is 85.4 Å². The van der Waals surface area contributed by atoms with Crippen LogP contribution in [0.5, 0.6) is 0 Å². The van der Waals surface area contributed by atoms with Gasteiger partial charge in [-0.15, -0.1) is 11.3 Å². The van der Waals surface area contributed by atoms with Gasteiger partial charge in [0, 0.05) is 12.0 Å². The molecule has 0 saturated heterocycles. The summed E-state index contributed by atoms with van der Waals surface area (Å²) >= 11 is 1.41. The van der Waals surface area contributed by atoms with Gasteiger partial charge in [-0.25, -0.2) is 13.4 Å². The molecule has 1 atom stereocenters. The van der Waals surface area contributed by atoms with E-state index in [1.807, 2.05) is 20.8 Å². The van der Waals surface area contributed by atoms with Gasteiger partial charge in [0.15, 0.2) is 0 Å². The zero-order chi connectivity index (χ0) is 16.6. The van der Waals surface area contributed by atoms with Crippen molar-refractivity contribution in [2.75, 3.05) is 12.4 Å². The first-order valence-electron chi connectivity index (χ1n) is 7.47. The Hall–Kier alpha value is -0.990. The predicted octanol–water partition coefficient (Wildman–Crippen LogP) is 2.42. The van der Waals surface area contributed by atoms with Gasteiger partial charge < -0.3 is 4.74 Å². The average Bonchev–Trinajstić information content (AvgIpc) is 2.86. The number of amides is 1. The number of thiazole rings is 1. The molecule has 126 valence electrons. The van der Waals surface area contributed by atoms with E-state index in [-0.39, 0.29) is 18.3 Å². The fourth-order valence-electron chi connectivity index (χ4n) is 1.88. The van der Waals surface area contributed by atoms with Gasteiger partial charge >= 0.3 is 0 Å². The van der Waals surface area contributed by atoms with Crippen molar-refractivity contribution < 1.29 is 17.9 Å². The van der Waals surface area contributed by atoms with E-state index in [2.05, 4.69) is 9.71 Å². The van der Waals surface area contributed by atoms with Gasteiger partial charge in [-0.3, -0.25) is 9.52 Å².